The van der Waals surface area contributed by atoms with Crippen LogP contribution < -0.4 is 17.2 Å². The van der Waals surface area contributed by atoms with Gasteiger partial charge in [0.25, 0.3) is 0 Å². The van der Waals surface area contributed by atoms with Crippen LogP contribution in [0.1, 0.15) is 44.9 Å². The van der Waals surface area contributed by atoms with Gasteiger partial charge in [0.1, 0.15) is 6.33 Å². The van der Waals surface area contributed by atoms with Crippen molar-refractivity contribution in [1.29, 1.82) is 0 Å². The van der Waals surface area contributed by atoms with E-state index in [-0.39, 0.29) is 30.6 Å². The molecule has 3 rings (SSSR count). The topological polar surface area (TPSA) is 171 Å². The van der Waals surface area contributed by atoms with E-state index >= 15 is 0 Å². The number of anilines is 2. The number of nitrogens with zero attached hydrogens (tertiary/aromatic N) is 4. The zero-order valence-electron chi connectivity index (χ0n) is 14.2. The molecule has 140 valence electrons. The number of fused-ring (bicyclic) bond motifs is 1. The van der Waals surface area contributed by atoms with Crippen LogP contribution >= 0.6 is 0 Å². The van der Waals surface area contributed by atoms with Crippen molar-refractivity contribution in [3.05, 3.63) is 6.33 Å². The van der Waals surface area contributed by atoms with Gasteiger partial charge in [-0.05, 0) is 19.3 Å². The number of rotatable bonds is 5. The normalized spacial score (nSPS) is 16.4. The van der Waals surface area contributed by atoms with Crippen LogP contribution in [0.2, 0.25) is 0 Å². The second kappa shape index (κ2) is 9.47. The average molecular weight is 353 g/mol. The summed E-state index contributed by atoms with van der Waals surface area (Å²) in [6.07, 6.45) is 7.15. The molecule has 1 atom stereocenters. The Bertz CT molecular complexity index is 658. The summed E-state index contributed by atoms with van der Waals surface area (Å²) < 4.78 is 6.37. The van der Waals surface area contributed by atoms with E-state index in [0.29, 0.717) is 18.0 Å². The molecule has 2 aromatic heterocycles. The Morgan fingerprint density at radius 3 is 2.56 bits per heavy atom. The molecule has 25 heavy (non-hydrogen) atoms. The molecule has 0 aromatic carbocycles. The van der Waals surface area contributed by atoms with Gasteiger partial charge in [-0.2, -0.15) is 9.97 Å². The number of hydrogen-bond donors (Lipinski definition) is 5. The molecule has 1 fully saturated rings. The monoisotopic (exact) mass is 353 g/mol. The van der Waals surface area contributed by atoms with Gasteiger partial charge in [0.15, 0.2) is 17.0 Å². The Morgan fingerprint density at radius 1 is 1.24 bits per heavy atom. The lowest BCUT2D eigenvalue weighted by atomic mass is 9.97. The highest BCUT2D eigenvalue weighted by atomic mass is 16.6. The summed E-state index contributed by atoms with van der Waals surface area (Å²) in [6, 6.07) is 0.536. The van der Waals surface area contributed by atoms with Crippen molar-refractivity contribution in [1.82, 2.24) is 19.5 Å². The number of aromatic nitrogens is 4. The Balaban J connectivity index is 0.000000269. The number of nitrogen functional groups attached to an aromatic ring is 2. The van der Waals surface area contributed by atoms with Crippen molar-refractivity contribution in [3.63, 3.8) is 0 Å². The Labute approximate surface area is 146 Å². The molecular weight excluding hydrogens is 326 g/mol. The quantitative estimate of drug-likeness (QED) is 0.369. The van der Waals surface area contributed by atoms with Gasteiger partial charge in [-0.15, -0.1) is 0 Å². The number of hydrogen-bond acceptors (Lipinski definition) is 9. The minimum Gasteiger partial charge on any atom is -0.396 e. The lowest BCUT2D eigenvalue weighted by molar-refractivity contribution is -0.152. The fraction of sp³-hybridized carbons (Fsp3) is 0.667. The van der Waals surface area contributed by atoms with Crippen molar-refractivity contribution >= 4 is 22.9 Å². The molecule has 0 saturated heterocycles. The first-order valence-corrected chi connectivity index (χ1v) is 8.44. The van der Waals surface area contributed by atoms with Crippen molar-refractivity contribution in [2.45, 2.75) is 51.0 Å². The first-order valence-electron chi connectivity index (χ1n) is 8.44. The lowest BCUT2D eigenvalue weighted by Crippen LogP contribution is -2.22. The highest BCUT2D eigenvalue weighted by Crippen LogP contribution is 2.20. The molecule has 0 aliphatic heterocycles. The van der Waals surface area contributed by atoms with E-state index in [1.807, 2.05) is 0 Å². The summed E-state index contributed by atoms with van der Waals surface area (Å²) in [7, 11) is 0. The minimum absolute atomic E-state index is 0.00990. The Kier molecular flexibility index (Phi) is 7.31. The molecule has 0 spiro atoms. The van der Waals surface area contributed by atoms with Crippen molar-refractivity contribution in [2.24, 2.45) is 5.73 Å². The maximum atomic E-state index is 9.79. The minimum atomic E-state index is -1.27. The van der Waals surface area contributed by atoms with E-state index in [1.54, 1.807) is 0 Å². The number of ether oxygens (including phenoxy) is 1. The molecule has 10 heteroatoms. The van der Waals surface area contributed by atoms with E-state index in [0.717, 1.165) is 0 Å². The SMILES string of the molecule is NC1CCCCC1.Nc1nc(N)c2ncn(C(O)OCCCO)c2n1. The first-order chi connectivity index (χ1) is 12.0. The first kappa shape index (κ1) is 19.3. The van der Waals surface area contributed by atoms with Crippen LogP contribution in [-0.4, -0.2) is 49.0 Å². The predicted molar refractivity (Wildman–Crippen MR) is 94.1 cm³/mol. The number of aliphatic hydroxyl groups excluding tert-OH is 2. The number of aliphatic hydroxyl groups is 2. The van der Waals surface area contributed by atoms with E-state index in [1.165, 1.54) is 43.0 Å². The van der Waals surface area contributed by atoms with Crippen LogP contribution in [0.25, 0.3) is 11.2 Å². The molecule has 0 amide bonds. The van der Waals surface area contributed by atoms with Crippen molar-refractivity contribution < 1.29 is 14.9 Å². The molecule has 1 aliphatic rings. The van der Waals surface area contributed by atoms with Gasteiger partial charge in [0.2, 0.25) is 12.4 Å². The molecule has 8 N–H and O–H groups in total. The third-order valence-corrected chi connectivity index (χ3v) is 3.92. The van der Waals surface area contributed by atoms with Crippen LogP contribution in [0, 0.1) is 0 Å². The van der Waals surface area contributed by atoms with E-state index in [2.05, 4.69) is 15.0 Å². The third-order valence-electron chi connectivity index (χ3n) is 3.92. The molecular formula is C15H27N7O3. The zero-order valence-corrected chi connectivity index (χ0v) is 14.2. The van der Waals surface area contributed by atoms with E-state index in [9.17, 15) is 5.11 Å². The van der Waals surface area contributed by atoms with Crippen LogP contribution in [0.4, 0.5) is 11.8 Å². The van der Waals surface area contributed by atoms with Gasteiger partial charge >= 0.3 is 0 Å². The summed E-state index contributed by atoms with van der Waals surface area (Å²) in [5, 5.41) is 18.4. The third kappa shape index (κ3) is 5.49. The number of nitrogens with two attached hydrogens (primary N) is 3. The maximum absolute atomic E-state index is 9.79. The smallest absolute Gasteiger partial charge is 0.244 e. The molecule has 2 aromatic rings. The van der Waals surface area contributed by atoms with Gasteiger partial charge in [-0.25, -0.2) is 4.98 Å². The highest BCUT2D eigenvalue weighted by Gasteiger charge is 2.15. The zero-order chi connectivity index (χ0) is 18.2. The molecule has 2 heterocycles. The van der Waals surface area contributed by atoms with Crippen LogP contribution in [-0.2, 0) is 4.74 Å². The van der Waals surface area contributed by atoms with Crippen LogP contribution in [0.5, 0.6) is 0 Å². The molecule has 1 saturated carbocycles. The van der Waals surface area contributed by atoms with Gasteiger partial charge in [-0.3, -0.25) is 4.57 Å². The predicted octanol–water partition coefficient (Wildman–Crippen LogP) is 0.116. The Hall–Kier alpha value is -2.01. The van der Waals surface area contributed by atoms with Crippen LogP contribution in [0.3, 0.4) is 0 Å². The molecule has 10 nitrogen and oxygen atoms in total. The summed E-state index contributed by atoms with van der Waals surface area (Å²) in [4.78, 5) is 11.7. The van der Waals surface area contributed by atoms with Crippen molar-refractivity contribution in [3.8, 4) is 0 Å². The van der Waals surface area contributed by atoms with E-state index < -0.39 is 6.41 Å². The summed E-state index contributed by atoms with van der Waals surface area (Å²) in [5.41, 5.74) is 17.4. The summed E-state index contributed by atoms with van der Waals surface area (Å²) in [5.74, 6) is 0.128. The summed E-state index contributed by atoms with van der Waals surface area (Å²) in [6.45, 7) is 0.187. The fourth-order valence-corrected chi connectivity index (χ4v) is 2.59. The largest absolute Gasteiger partial charge is 0.396 e. The second-order valence-electron chi connectivity index (χ2n) is 5.96. The maximum Gasteiger partial charge on any atom is 0.244 e. The summed E-state index contributed by atoms with van der Waals surface area (Å²) >= 11 is 0. The molecule has 0 radical (unpaired) electrons. The van der Waals surface area contributed by atoms with E-state index in [4.69, 9.17) is 27.0 Å². The Morgan fingerprint density at radius 2 is 1.96 bits per heavy atom. The van der Waals surface area contributed by atoms with Crippen molar-refractivity contribution in [2.75, 3.05) is 24.7 Å². The van der Waals surface area contributed by atoms with Gasteiger partial charge in [-0.1, -0.05) is 19.3 Å². The van der Waals surface area contributed by atoms with Gasteiger partial charge in [0, 0.05) is 12.6 Å². The second-order valence-corrected chi connectivity index (χ2v) is 5.96. The fourth-order valence-electron chi connectivity index (χ4n) is 2.59. The molecule has 1 unspecified atom stereocenters. The van der Waals surface area contributed by atoms with Gasteiger partial charge < -0.3 is 32.2 Å². The molecule has 0 bridgehead atoms. The van der Waals surface area contributed by atoms with Gasteiger partial charge in [0.05, 0.1) is 6.61 Å². The highest BCUT2D eigenvalue weighted by molar-refractivity contribution is 5.82. The average Bonchev–Trinajstić information content (AvgIpc) is 3.00. The van der Waals surface area contributed by atoms with Crippen LogP contribution in [0.15, 0.2) is 6.33 Å². The molecule has 1 aliphatic carbocycles. The lowest BCUT2D eigenvalue weighted by Gasteiger charge is -2.15. The standard InChI is InChI=1S/C9H14N6O3.C6H13N/c10-6-5-7(14-8(11)13-6)15(4-12-5)9(17)18-3-1-2-16;7-6-4-2-1-3-5-6/h4,9,16-17H,1-3H2,(H4,10,11,13,14);6H,1-5,7H2. The number of imidazole rings is 1.